The third-order valence-corrected chi connectivity index (χ3v) is 3.20. The molecule has 1 rings (SSSR count). The van der Waals surface area contributed by atoms with Crippen LogP contribution in [0.1, 0.15) is 38.8 Å². The lowest BCUT2D eigenvalue weighted by Gasteiger charge is -2.21. The maximum absolute atomic E-state index is 12.0. The summed E-state index contributed by atoms with van der Waals surface area (Å²) in [6.45, 7) is 11.1. The molecule has 4 heteroatoms. The van der Waals surface area contributed by atoms with Gasteiger partial charge in [0.15, 0.2) is 0 Å². The predicted octanol–water partition coefficient (Wildman–Crippen LogP) is 2.79. The molecule has 0 radical (unpaired) electrons. The Kier molecular flexibility index (Phi) is 4.93. The van der Waals surface area contributed by atoms with Crippen molar-refractivity contribution in [2.75, 3.05) is 5.32 Å². The average Bonchev–Trinajstić information content (AvgIpc) is 2.32. The number of aryl methyl sites for hydroxylation is 2. The van der Waals surface area contributed by atoms with Gasteiger partial charge in [0.05, 0.1) is 0 Å². The largest absolute Gasteiger partial charge is 0.344 e. The number of nitrogens with one attached hydrogen (secondary N) is 2. The van der Waals surface area contributed by atoms with E-state index < -0.39 is 11.5 Å². The van der Waals surface area contributed by atoms with Crippen molar-refractivity contribution in [2.24, 2.45) is 5.41 Å². The molecule has 0 saturated heterocycles. The van der Waals surface area contributed by atoms with Crippen LogP contribution in [0.5, 0.6) is 0 Å². The van der Waals surface area contributed by atoms with Gasteiger partial charge in [-0.1, -0.05) is 26.8 Å². The second kappa shape index (κ2) is 6.07. The van der Waals surface area contributed by atoms with Gasteiger partial charge in [-0.3, -0.25) is 9.59 Å². The van der Waals surface area contributed by atoms with Crippen molar-refractivity contribution in [1.82, 2.24) is 5.32 Å². The second-order valence-electron chi connectivity index (χ2n) is 6.23. The highest BCUT2D eigenvalue weighted by atomic mass is 16.2. The maximum Gasteiger partial charge on any atom is 0.246 e. The van der Waals surface area contributed by atoms with E-state index in [1.807, 2.05) is 52.8 Å². The lowest BCUT2D eigenvalue weighted by Crippen LogP contribution is -2.46. The smallest absolute Gasteiger partial charge is 0.246 e. The molecule has 0 bridgehead atoms. The summed E-state index contributed by atoms with van der Waals surface area (Å²) < 4.78 is 0. The van der Waals surface area contributed by atoms with E-state index in [1.165, 1.54) is 5.56 Å². The van der Waals surface area contributed by atoms with E-state index in [4.69, 9.17) is 0 Å². The lowest BCUT2D eigenvalue weighted by atomic mass is 9.95. The summed E-state index contributed by atoms with van der Waals surface area (Å²) in [4.78, 5) is 23.9. The SMILES string of the molecule is Cc1ccc(NC(=O)C(C)NC(=O)C(C)(C)C)cc1C. The molecule has 2 N–H and O–H groups in total. The standard InChI is InChI=1S/C16H24N2O2/c1-10-7-8-13(9-11(10)2)18-14(19)12(3)17-15(20)16(4,5)6/h7-9,12H,1-6H3,(H,17,20)(H,18,19). The van der Waals surface area contributed by atoms with Gasteiger partial charge < -0.3 is 10.6 Å². The Morgan fingerprint density at radius 3 is 2.20 bits per heavy atom. The number of carbonyl (C=O) groups is 2. The van der Waals surface area contributed by atoms with E-state index in [1.54, 1.807) is 6.92 Å². The molecule has 0 spiro atoms. The molecule has 20 heavy (non-hydrogen) atoms. The van der Waals surface area contributed by atoms with Crippen molar-refractivity contribution >= 4 is 17.5 Å². The molecule has 2 amide bonds. The van der Waals surface area contributed by atoms with Gasteiger partial charge >= 0.3 is 0 Å². The highest BCUT2D eigenvalue weighted by molar-refractivity contribution is 5.97. The third kappa shape index (κ3) is 4.37. The van der Waals surface area contributed by atoms with Crippen molar-refractivity contribution in [1.29, 1.82) is 0 Å². The second-order valence-corrected chi connectivity index (χ2v) is 6.23. The normalized spacial score (nSPS) is 12.7. The first-order valence-electron chi connectivity index (χ1n) is 6.80. The van der Waals surface area contributed by atoms with E-state index in [9.17, 15) is 9.59 Å². The molecule has 0 saturated carbocycles. The number of hydrogen-bond acceptors (Lipinski definition) is 2. The molecule has 1 aromatic carbocycles. The zero-order valence-corrected chi connectivity index (χ0v) is 13.1. The minimum atomic E-state index is -0.566. The zero-order valence-electron chi connectivity index (χ0n) is 13.1. The fraction of sp³-hybridized carbons (Fsp3) is 0.500. The van der Waals surface area contributed by atoms with Crippen LogP contribution in [0.15, 0.2) is 18.2 Å². The van der Waals surface area contributed by atoms with E-state index in [2.05, 4.69) is 10.6 Å². The highest BCUT2D eigenvalue weighted by Gasteiger charge is 2.25. The van der Waals surface area contributed by atoms with Crippen molar-refractivity contribution in [3.63, 3.8) is 0 Å². The molecular formula is C16H24N2O2. The number of carbonyl (C=O) groups excluding carboxylic acids is 2. The number of amides is 2. The quantitative estimate of drug-likeness (QED) is 0.892. The van der Waals surface area contributed by atoms with Gasteiger partial charge in [-0.25, -0.2) is 0 Å². The Labute approximate surface area is 121 Å². The fourth-order valence-electron chi connectivity index (χ4n) is 1.55. The van der Waals surface area contributed by atoms with Crippen molar-refractivity contribution in [3.05, 3.63) is 29.3 Å². The van der Waals surface area contributed by atoms with E-state index >= 15 is 0 Å². The topological polar surface area (TPSA) is 58.2 Å². The summed E-state index contributed by atoms with van der Waals surface area (Å²) in [6.07, 6.45) is 0. The van der Waals surface area contributed by atoms with Crippen LogP contribution in [0.4, 0.5) is 5.69 Å². The van der Waals surface area contributed by atoms with Crippen LogP contribution in [0.3, 0.4) is 0 Å². The number of anilines is 1. The van der Waals surface area contributed by atoms with Crippen LogP contribution in [0.2, 0.25) is 0 Å². The molecular weight excluding hydrogens is 252 g/mol. The summed E-state index contributed by atoms with van der Waals surface area (Å²) in [6, 6.07) is 5.18. The maximum atomic E-state index is 12.0. The summed E-state index contributed by atoms with van der Waals surface area (Å²) in [5, 5.41) is 5.53. The van der Waals surface area contributed by atoms with Crippen LogP contribution < -0.4 is 10.6 Å². The first-order valence-corrected chi connectivity index (χ1v) is 6.80. The van der Waals surface area contributed by atoms with Crippen molar-refractivity contribution < 1.29 is 9.59 Å². The minimum Gasteiger partial charge on any atom is -0.344 e. The Bertz CT molecular complexity index is 516. The molecule has 0 aromatic heterocycles. The number of benzene rings is 1. The van der Waals surface area contributed by atoms with Gasteiger partial charge in [-0.2, -0.15) is 0 Å². The van der Waals surface area contributed by atoms with Gasteiger partial charge in [0, 0.05) is 11.1 Å². The van der Waals surface area contributed by atoms with Crippen LogP contribution in [0.25, 0.3) is 0 Å². The predicted molar refractivity (Wildman–Crippen MR) is 81.6 cm³/mol. The highest BCUT2D eigenvalue weighted by Crippen LogP contribution is 2.15. The van der Waals surface area contributed by atoms with Gasteiger partial charge in [0.25, 0.3) is 0 Å². The van der Waals surface area contributed by atoms with Gasteiger partial charge in [0.2, 0.25) is 11.8 Å². The molecule has 0 fully saturated rings. The van der Waals surface area contributed by atoms with E-state index in [-0.39, 0.29) is 11.8 Å². The Morgan fingerprint density at radius 1 is 1.10 bits per heavy atom. The van der Waals surface area contributed by atoms with Crippen LogP contribution in [-0.2, 0) is 9.59 Å². The van der Waals surface area contributed by atoms with Gasteiger partial charge in [-0.15, -0.1) is 0 Å². The van der Waals surface area contributed by atoms with E-state index in [0.29, 0.717) is 0 Å². The molecule has 0 aliphatic rings. The summed E-state index contributed by atoms with van der Waals surface area (Å²) in [7, 11) is 0. The first kappa shape index (κ1) is 16.2. The van der Waals surface area contributed by atoms with Crippen molar-refractivity contribution in [2.45, 2.75) is 47.6 Å². The molecule has 1 atom stereocenters. The molecule has 1 unspecified atom stereocenters. The molecule has 0 aliphatic heterocycles. The van der Waals surface area contributed by atoms with Crippen LogP contribution in [-0.4, -0.2) is 17.9 Å². The monoisotopic (exact) mass is 276 g/mol. The number of hydrogen-bond donors (Lipinski definition) is 2. The molecule has 0 heterocycles. The summed E-state index contributed by atoms with van der Waals surface area (Å²) in [5.74, 6) is -0.355. The molecule has 0 aliphatic carbocycles. The first-order chi connectivity index (χ1) is 9.11. The number of rotatable bonds is 3. The van der Waals surface area contributed by atoms with Gasteiger partial charge in [-0.05, 0) is 44.0 Å². The Hall–Kier alpha value is -1.84. The summed E-state index contributed by atoms with van der Waals surface area (Å²) >= 11 is 0. The van der Waals surface area contributed by atoms with Gasteiger partial charge in [0.1, 0.15) is 6.04 Å². The third-order valence-electron chi connectivity index (χ3n) is 3.20. The lowest BCUT2D eigenvalue weighted by molar-refractivity contribution is -0.131. The van der Waals surface area contributed by atoms with Crippen LogP contribution >= 0.6 is 0 Å². The van der Waals surface area contributed by atoms with Crippen molar-refractivity contribution in [3.8, 4) is 0 Å². The zero-order chi connectivity index (χ0) is 15.5. The summed E-state index contributed by atoms with van der Waals surface area (Å²) in [5.41, 5.74) is 2.54. The Balaban J connectivity index is 2.66. The van der Waals surface area contributed by atoms with Crippen LogP contribution in [0, 0.1) is 19.3 Å². The van der Waals surface area contributed by atoms with E-state index in [0.717, 1.165) is 11.3 Å². The fourth-order valence-corrected chi connectivity index (χ4v) is 1.55. The average molecular weight is 276 g/mol. The molecule has 1 aromatic rings. The Morgan fingerprint density at radius 2 is 1.70 bits per heavy atom. The molecule has 110 valence electrons. The molecule has 4 nitrogen and oxygen atoms in total. The minimum absolute atomic E-state index is 0.139.